The van der Waals surface area contributed by atoms with E-state index >= 15 is 0 Å². The molecule has 3 N–H and O–H groups in total. The Balaban J connectivity index is 2.61. The Morgan fingerprint density at radius 1 is 1.50 bits per heavy atom. The molecule has 0 aliphatic heterocycles. The van der Waals surface area contributed by atoms with E-state index in [0.29, 0.717) is 5.92 Å². The lowest BCUT2D eigenvalue weighted by molar-refractivity contribution is -0.103. The molecule has 1 rings (SSSR count). The molecule has 0 radical (unpaired) electrons. The van der Waals surface area contributed by atoms with Gasteiger partial charge < -0.3 is 10.8 Å². The molecule has 0 aromatic heterocycles. The van der Waals surface area contributed by atoms with Crippen LogP contribution < -0.4 is 5.73 Å². The predicted octanol–water partition coefficient (Wildman–Crippen LogP) is 2.89. The maximum Gasteiger partial charge on any atom is 0.0673 e. The van der Waals surface area contributed by atoms with Gasteiger partial charge in [0.1, 0.15) is 0 Å². The van der Waals surface area contributed by atoms with Crippen LogP contribution in [0, 0.1) is 17.3 Å². The van der Waals surface area contributed by atoms with Crippen LogP contribution in [0.4, 0.5) is 0 Å². The van der Waals surface area contributed by atoms with Crippen molar-refractivity contribution in [3.8, 4) is 0 Å². The lowest BCUT2D eigenvalue weighted by Gasteiger charge is -2.48. The van der Waals surface area contributed by atoms with E-state index in [4.69, 9.17) is 5.73 Å². The van der Waals surface area contributed by atoms with E-state index in [0.717, 1.165) is 18.8 Å². The molecule has 1 aliphatic rings. The highest BCUT2D eigenvalue weighted by Gasteiger charge is 2.45. The number of alkyl halides is 1. The van der Waals surface area contributed by atoms with Gasteiger partial charge in [0.05, 0.1) is 5.60 Å². The van der Waals surface area contributed by atoms with Crippen molar-refractivity contribution in [1.29, 1.82) is 0 Å². The third kappa shape index (κ3) is 3.26. The summed E-state index contributed by atoms with van der Waals surface area (Å²) in [5, 5.41) is 10.5. The van der Waals surface area contributed by atoms with Crippen molar-refractivity contribution in [3.63, 3.8) is 0 Å². The van der Waals surface area contributed by atoms with Crippen LogP contribution in [-0.4, -0.2) is 19.3 Å². The second kappa shape index (κ2) is 5.44. The van der Waals surface area contributed by atoms with Crippen molar-refractivity contribution in [3.05, 3.63) is 0 Å². The Morgan fingerprint density at radius 2 is 2.12 bits per heavy atom. The quantitative estimate of drug-likeness (QED) is 0.614. The molecule has 0 heterocycles. The molecular formula is C13H26INO. The summed E-state index contributed by atoms with van der Waals surface area (Å²) >= 11 is 0.0762. The molecular weight excluding hydrogens is 313 g/mol. The topological polar surface area (TPSA) is 46.2 Å². The van der Waals surface area contributed by atoms with E-state index < -0.39 is 5.60 Å². The summed E-state index contributed by atoms with van der Waals surface area (Å²) in [5.74, 6) is 1.40. The molecule has 3 heteroatoms. The van der Waals surface area contributed by atoms with Gasteiger partial charge in [0.15, 0.2) is 0 Å². The van der Waals surface area contributed by atoms with Crippen LogP contribution in [0.3, 0.4) is 0 Å². The summed E-state index contributed by atoms with van der Waals surface area (Å²) in [7, 11) is 0. The zero-order valence-corrected chi connectivity index (χ0v) is 13.1. The van der Waals surface area contributed by atoms with E-state index in [1.54, 1.807) is 0 Å². The van der Waals surface area contributed by atoms with Crippen LogP contribution in [0.25, 0.3) is 0 Å². The van der Waals surface area contributed by atoms with Gasteiger partial charge >= 0.3 is 0 Å². The number of hydrogen-bond acceptors (Lipinski definition) is 2. The van der Waals surface area contributed by atoms with Crippen molar-refractivity contribution in [1.82, 2.24) is 0 Å². The summed E-state index contributed by atoms with van der Waals surface area (Å²) in [5.41, 5.74) is 5.04. The molecule has 0 saturated heterocycles. The molecule has 0 spiro atoms. The Kier molecular flexibility index (Phi) is 4.96. The third-order valence-electron chi connectivity index (χ3n) is 4.48. The predicted molar refractivity (Wildman–Crippen MR) is 80.0 cm³/mol. The van der Waals surface area contributed by atoms with Crippen molar-refractivity contribution < 1.29 is 5.11 Å². The van der Waals surface area contributed by atoms with Crippen LogP contribution in [-0.2, 0) is 0 Å². The largest absolute Gasteiger partial charge is 0.390 e. The second-order valence-electron chi connectivity index (χ2n) is 6.07. The zero-order valence-electron chi connectivity index (χ0n) is 11.0. The smallest absolute Gasteiger partial charge is 0.0673 e. The molecule has 2 nitrogen and oxygen atoms in total. The van der Waals surface area contributed by atoms with Crippen molar-refractivity contribution in [2.75, 3.05) is 4.43 Å². The normalized spacial score (nSPS) is 37.0. The van der Waals surface area contributed by atoms with Gasteiger partial charge in [-0.25, -0.2) is 0 Å². The highest BCUT2D eigenvalue weighted by atomic mass is 127. The van der Waals surface area contributed by atoms with Gasteiger partial charge in [-0.2, -0.15) is 0 Å². The maximum atomic E-state index is 10.5. The summed E-state index contributed by atoms with van der Waals surface area (Å²) in [6.07, 6.45) is 3.35. The minimum atomic E-state index is -0.505. The number of nitrogens with two attached hydrogens (primary N) is 1. The lowest BCUT2D eigenvalue weighted by atomic mass is 9.61. The fourth-order valence-corrected chi connectivity index (χ4v) is 4.32. The van der Waals surface area contributed by atoms with Gasteiger partial charge in [-0.15, -0.1) is 20.7 Å². The first-order chi connectivity index (χ1) is 7.30. The fraction of sp³-hybridized carbons (Fsp3) is 0.923. The molecule has 1 saturated carbocycles. The van der Waals surface area contributed by atoms with Crippen LogP contribution in [0.5, 0.6) is 0 Å². The molecule has 0 bridgehead atoms. The first-order valence-electron chi connectivity index (χ1n) is 6.13. The number of rotatable bonds is 3. The van der Waals surface area contributed by atoms with Gasteiger partial charge in [0.2, 0.25) is 0 Å². The Morgan fingerprint density at radius 3 is 2.62 bits per heavy atom. The SMILES string of the molecule is CC(CI=CN)C1CCC(C)(C)C(C)(O)C1. The van der Waals surface area contributed by atoms with Crippen molar-refractivity contribution >= 4 is 24.9 Å². The second-order valence-corrected chi connectivity index (χ2v) is 8.55. The van der Waals surface area contributed by atoms with Gasteiger partial charge in [0, 0.05) is 4.14 Å². The molecule has 0 aromatic carbocycles. The molecule has 0 aromatic rings. The van der Waals surface area contributed by atoms with E-state index in [9.17, 15) is 5.11 Å². The van der Waals surface area contributed by atoms with Gasteiger partial charge in [0.25, 0.3) is 0 Å². The summed E-state index contributed by atoms with van der Waals surface area (Å²) < 4.78 is 3.12. The standard InChI is InChI=1S/C13H26INO/c1-10(8-14-9-15)11-5-6-12(2,3)13(4,16)7-11/h9-11,16H,5-8,15H2,1-4H3. The van der Waals surface area contributed by atoms with Crippen LogP contribution >= 0.6 is 20.7 Å². The first kappa shape index (κ1) is 14.6. The molecule has 1 aliphatic carbocycles. The summed E-state index contributed by atoms with van der Waals surface area (Å²) in [6, 6.07) is 0. The molecule has 96 valence electrons. The summed E-state index contributed by atoms with van der Waals surface area (Å²) in [6.45, 7) is 8.71. The fourth-order valence-electron chi connectivity index (χ4n) is 2.51. The monoisotopic (exact) mass is 339 g/mol. The van der Waals surface area contributed by atoms with Gasteiger partial charge in [-0.05, 0) is 47.9 Å². The Labute approximate surface area is 110 Å². The van der Waals surface area contributed by atoms with E-state index in [1.807, 2.05) is 11.1 Å². The molecule has 16 heavy (non-hydrogen) atoms. The third-order valence-corrected chi connectivity index (χ3v) is 6.89. The Hall–Kier alpha value is 0.520. The number of hydrogen-bond donors (Lipinski definition) is 2. The molecule has 3 unspecified atom stereocenters. The van der Waals surface area contributed by atoms with E-state index in [2.05, 4.69) is 20.8 Å². The van der Waals surface area contributed by atoms with Crippen LogP contribution in [0.2, 0.25) is 0 Å². The maximum absolute atomic E-state index is 10.5. The summed E-state index contributed by atoms with van der Waals surface area (Å²) in [4.78, 5) is 0. The van der Waals surface area contributed by atoms with Gasteiger partial charge in [-0.3, -0.25) is 0 Å². The van der Waals surface area contributed by atoms with Crippen molar-refractivity contribution in [2.24, 2.45) is 23.0 Å². The Bertz CT molecular complexity index is 261. The van der Waals surface area contributed by atoms with E-state index in [1.165, 1.54) is 10.8 Å². The minimum absolute atomic E-state index is 0.0677. The molecule has 0 amide bonds. The molecule has 3 atom stereocenters. The van der Waals surface area contributed by atoms with Gasteiger partial charge in [-0.1, -0.05) is 20.8 Å². The first-order valence-corrected chi connectivity index (χ1v) is 8.91. The van der Waals surface area contributed by atoms with E-state index in [-0.39, 0.29) is 26.1 Å². The number of halogens is 1. The highest BCUT2D eigenvalue weighted by molar-refractivity contribution is 14.2. The highest BCUT2D eigenvalue weighted by Crippen LogP contribution is 2.47. The average Bonchev–Trinajstić information content (AvgIpc) is 2.18. The minimum Gasteiger partial charge on any atom is -0.390 e. The average molecular weight is 339 g/mol. The lowest BCUT2D eigenvalue weighted by Crippen LogP contribution is -2.48. The van der Waals surface area contributed by atoms with Crippen LogP contribution in [0.1, 0.15) is 47.0 Å². The number of aliphatic hydroxyl groups is 1. The zero-order chi connectivity index (χ0) is 12.4. The van der Waals surface area contributed by atoms with Crippen LogP contribution in [0.15, 0.2) is 0 Å². The van der Waals surface area contributed by atoms with Crippen molar-refractivity contribution in [2.45, 2.75) is 52.6 Å². The molecule has 1 fully saturated rings.